The van der Waals surface area contributed by atoms with Gasteiger partial charge in [0.05, 0.1) is 22.1 Å². The van der Waals surface area contributed by atoms with Gasteiger partial charge in [-0.05, 0) is 110 Å². The molecule has 0 radical (unpaired) electrons. The third-order valence-corrected chi connectivity index (χ3v) is 11.8. The van der Waals surface area contributed by atoms with Crippen molar-refractivity contribution < 1.29 is 0 Å². The van der Waals surface area contributed by atoms with Gasteiger partial charge in [0.1, 0.15) is 0 Å². The standard InChI is InChI=1S/C51H31N5S/c57-51-53-49(32-13-3-1-4-14-32)52-50-55(36-25-26-41-39-19-8-7-17-37(39)38-18-9-10-20-40(38)43(41)31-36)47-28-24-34(30-48(47)56(50)51)33-23-27-46-44(29-33)42-21-11-12-22-45(42)54(46)35-15-5-2-6-16-35/h1-31H. The number of hydrogen-bond donors (Lipinski definition) is 0. The van der Waals surface area contributed by atoms with E-state index < -0.39 is 0 Å². The van der Waals surface area contributed by atoms with Crippen LogP contribution in [-0.2, 0) is 0 Å². The summed E-state index contributed by atoms with van der Waals surface area (Å²) in [6, 6.07) is 66.9. The maximum Gasteiger partial charge on any atom is 0.223 e. The summed E-state index contributed by atoms with van der Waals surface area (Å²) in [6.07, 6.45) is 0. The molecule has 0 aliphatic carbocycles. The van der Waals surface area contributed by atoms with E-state index in [9.17, 15) is 0 Å². The zero-order valence-electron chi connectivity index (χ0n) is 30.5. The van der Waals surface area contributed by atoms with E-state index in [1.165, 1.54) is 54.1 Å². The van der Waals surface area contributed by atoms with Gasteiger partial charge in [0.2, 0.25) is 10.5 Å². The Labute approximate surface area is 332 Å². The van der Waals surface area contributed by atoms with Crippen molar-refractivity contribution in [3.05, 3.63) is 193 Å². The van der Waals surface area contributed by atoms with E-state index in [1.807, 2.05) is 34.7 Å². The molecule has 0 amide bonds. The van der Waals surface area contributed by atoms with E-state index in [2.05, 4.69) is 167 Å². The molecule has 0 unspecified atom stereocenters. The van der Waals surface area contributed by atoms with Gasteiger partial charge in [-0.3, -0.25) is 8.97 Å². The number of imidazole rings is 1. The second-order valence-corrected chi connectivity index (χ2v) is 15.0. The number of hydrogen-bond acceptors (Lipinski definition) is 3. The van der Waals surface area contributed by atoms with E-state index in [0.717, 1.165) is 39.1 Å². The van der Waals surface area contributed by atoms with E-state index in [4.69, 9.17) is 22.2 Å². The monoisotopic (exact) mass is 745 g/mol. The zero-order valence-corrected chi connectivity index (χ0v) is 31.4. The summed E-state index contributed by atoms with van der Waals surface area (Å²) < 4.78 is 7.08. The average Bonchev–Trinajstić information content (AvgIpc) is 3.79. The van der Waals surface area contributed by atoms with E-state index >= 15 is 0 Å². The first-order valence-electron chi connectivity index (χ1n) is 19.1. The molecule has 0 N–H and O–H groups in total. The van der Waals surface area contributed by atoms with Crippen molar-refractivity contribution in [1.82, 2.24) is 23.5 Å². The molecular weight excluding hydrogens is 715 g/mol. The van der Waals surface area contributed by atoms with Crippen molar-refractivity contribution in [3.63, 3.8) is 0 Å². The van der Waals surface area contributed by atoms with Crippen molar-refractivity contribution in [3.8, 4) is 33.9 Å². The molecule has 3 heterocycles. The Morgan fingerprint density at radius 2 is 0.895 bits per heavy atom. The summed E-state index contributed by atoms with van der Waals surface area (Å²) >= 11 is 6.15. The lowest BCUT2D eigenvalue weighted by Crippen LogP contribution is -2.02. The number of benzene rings is 9. The largest absolute Gasteiger partial charge is 0.309 e. The lowest BCUT2D eigenvalue weighted by Gasteiger charge is -2.13. The molecule has 0 fully saturated rings. The highest BCUT2D eigenvalue weighted by molar-refractivity contribution is 7.71. The number of fused-ring (bicyclic) bond motifs is 12. The average molecular weight is 746 g/mol. The molecule has 5 nitrogen and oxygen atoms in total. The van der Waals surface area contributed by atoms with Gasteiger partial charge in [0.25, 0.3) is 0 Å². The third kappa shape index (κ3) is 4.78. The van der Waals surface area contributed by atoms with Crippen LogP contribution >= 0.6 is 12.2 Å². The van der Waals surface area contributed by atoms with Crippen LogP contribution in [0.4, 0.5) is 0 Å². The number of para-hydroxylation sites is 2. The molecule has 12 rings (SSSR count). The molecule has 0 aliphatic rings. The summed E-state index contributed by atoms with van der Waals surface area (Å²) in [4.78, 5) is 10.2. The van der Waals surface area contributed by atoms with Crippen molar-refractivity contribution in [2.45, 2.75) is 0 Å². The van der Waals surface area contributed by atoms with Crippen LogP contribution in [0, 0.1) is 4.77 Å². The molecule has 0 saturated carbocycles. The highest BCUT2D eigenvalue weighted by atomic mass is 32.1. The van der Waals surface area contributed by atoms with Gasteiger partial charge in [-0.1, -0.05) is 133 Å². The Morgan fingerprint density at radius 1 is 0.333 bits per heavy atom. The molecule has 0 spiro atoms. The predicted molar refractivity (Wildman–Crippen MR) is 238 cm³/mol. The van der Waals surface area contributed by atoms with Gasteiger partial charge in [-0.25, -0.2) is 0 Å². The minimum Gasteiger partial charge on any atom is -0.309 e. The first-order valence-corrected chi connectivity index (χ1v) is 19.5. The lowest BCUT2D eigenvalue weighted by atomic mass is 9.94. The molecule has 0 aliphatic heterocycles. The lowest BCUT2D eigenvalue weighted by molar-refractivity contribution is 0.978. The molecule has 12 aromatic rings. The molecule has 6 heteroatoms. The first kappa shape index (κ1) is 31.9. The smallest absolute Gasteiger partial charge is 0.223 e. The van der Waals surface area contributed by atoms with Crippen LogP contribution in [0.25, 0.3) is 105 Å². The topological polar surface area (TPSA) is 40.0 Å². The minimum atomic E-state index is 0.457. The van der Waals surface area contributed by atoms with E-state index in [-0.39, 0.29) is 0 Å². The van der Waals surface area contributed by atoms with Gasteiger partial charge < -0.3 is 4.57 Å². The zero-order chi connectivity index (χ0) is 37.6. The summed E-state index contributed by atoms with van der Waals surface area (Å²) in [7, 11) is 0. The van der Waals surface area contributed by atoms with Crippen molar-refractivity contribution in [2.24, 2.45) is 0 Å². The fourth-order valence-corrected chi connectivity index (χ4v) is 9.22. The molecule has 3 aromatic heterocycles. The van der Waals surface area contributed by atoms with Crippen LogP contribution in [0.15, 0.2) is 188 Å². The Morgan fingerprint density at radius 3 is 1.61 bits per heavy atom. The number of nitrogens with zero attached hydrogens (tertiary/aromatic N) is 5. The summed E-state index contributed by atoms with van der Waals surface area (Å²) in [5, 5.41) is 9.79. The van der Waals surface area contributed by atoms with Gasteiger partial charge in [-0.15, -0.1) is 0 Å². The fraction of sp³-hybridized carbons (Fsp3) is 0. The Kier molecular flexibility index (Phi) is 6.88. The maximum absolute atomic E-state index is 6.15. The van der Waals surface area contributed by atoms with Crippen LogP contribution in [-0.4, -0.2) is 23.5 Å². The quantitative estimate of drug-likeness (QED) is 0.133. The van der Waals surface area contributed by atoms with Crippen LogP contribution < -0.4 is 0 Å². The van der Waals surface area contributed by atoms with Crippen LogP contribution in [0.1, 0.15) is 0 Å². The van der Waals surface area contributed by atoms with E-state index in [1.54, 1.807) is 0 Å². The molecule has 9 aromatic carbocycles. The van der Waals surface area contributed by atoms with Gasteiger partial charge >= 0.3 is 0 Å². The number of rotatable bonds is 4. The third-order valence-electron chi connectivity index (χ3n) is 11.5. The highest BCUT2D eigenvalue weighted by Crippen LogP contribution is 2.39. The van der Waals surface area contributed by atoms with Crippen LogP contribution in [0.5, 0.6) is 0 Å². The second-order valence-electron chi connectivity index (χ2n) is 14.6. The Bertz CT molecular complexity index is 3620. The van der Waals surface area contributed by atoms with Crippen molar-refractivity contribution in [2.75, 3.05) is 0 Å². The van der Waals surface area contributed by atoms with Crippen LogP contribution in [0.3, 0.4) is 0 Å². The van der Waals surface area contributed by atoms with Crippen molar-refractivity contribution >= 4 is 83.2 Å². The van der Waals surface area contributed by atoms with Gasteiger partial charge in [0.15, 0.2) is 5.82 Å². The normalized spacial score (nSPS) is 11.9. The highest BCUT2D eigenvalue weighted by Gasteiger charge is 2.20. The van der Waals surface area contributed by atoms with Gasteiger partial charge in [-0.2, -0.15) is 9.97 Å². The van der Waals surface area contributed by atoms with E-state index in [0.29, 0.717) is 16.4 Å². The summed E-state index contributed by atoms with van der Waals surface area (Å²) in [5.74, 6) is 1.31. The Balaban J connectivity index is 1.12. The van der Waals surface area contributed by atoms with Gasteiger partial charge in [0, 0.05) is 27.7 Å². The second kappa shape index (κ2) is 12.3. The summed E-state index contributed by atoms with van der Waals surface area (Å²) in [5.41, 5.74) is 9.58. The number of aromatic nitrogens is 5. The molecule has 0 atom stereocenters. The van der Waals surface area contributed by atoms with Crippen LogP contribution in [0.2, 0.25) is 0 Å². The molecule has 0 bridgehead atoms. The molecule has 266 valence electrons. The minimum absolute atomic E-state index is 0.457. The summed E-state index contributed by atoms with van der Waals surface area (Å²) in [6.45, 7) is 0. The molecule has 57 heavy (non-hydrogen) atoms. The molecule has 0 saturated heterocycles. The maximum atomic E-state index is 6.15. The predicted octanol–water partition coefficient (Wildman–Crippen LogP) is 13.3. The molecular formula is C51H31N5S. The SMILES string of the molecule is S=c1nc(-c2ccccc2)nc2n(-c3ccc4c5ccccc5c5ccccc5c4c3)c3ccc(-c4ccc5c(c4)c4ccccc4n5-c4ccccc4)cc3n12. The van der Waals surface area contributed by atoms with Crippen molar-refractivity contribution in [1.29, 1.82) is 0 Å². The first-order chi connectivity index (χ1) is 28.2. The Hall–Kier alpha value is -7.41. The fourth-order valence-electron chi connectivity index (χ4n) is 8.95.